The number of hydrogen-bond acceptors (Lipinski definition) is 7. The number of nitrogens with zero attached hydrogens (tertiary/aromatic N) is 4. The zero-order chi connectivity index (χ0) is 22.9. The van der Waals surface area contributed by atoms with Crippen LogP contribution in [0.25, 0.3) is 10.9 Å². The lowest BCUT2D eigenvalue weighted by molar-refractivity contribution is 0.102. The Morgan fingerprint density at radius 1 is 1.10 bits per heavy atom. The van der Waals surface area contributed by atoms with E-state index >= 15 is 0 Å². The second-order valence-electron chi connectivity index (χ2n) is 7.73. The predicted octanol–water partition coefficient (Wildman–Crippen LogP) is 1.40. The number of nitrogens with two attached hydrogens (primary N) is 1. The maximum atomic E-state index is 13.0. The van der Waals surface area contributed by atoms with E-state index in [1.807, 2.05) is 0 Å². The molecular formula is C21H25N5O4S. The number of aromatic nitrogens is 4. The number of rotatable bonds is 7. The first-order valence-electron chi connectivity index (χ1n) is 9.84. The molecule has 0 radical (unpaired) electrons. The molecule has 0 aliphatic heterocycles. The van der Waals surface area contributed by atoms with Crippen LogP contribution < -0.4 is 22.5 Å². The number of hydrogen-bond donors (Lipinski definition) is 1. The Hall–Kier alpha value is -3.14. The van der Waals surface area contributed by atoms with E-state index in [9.17, 15) is 19.2 Å². The van der Waals surface area contributed by atoms with Gasteiger partial charge in [-0.15, -0.1) is 0 Å². The second kappa shape index (κ2) is 8.93. The van der Waals surface area contributed by atoms with Gasteiger partial charge in [0.1, 0.15) is 11.4 Å². The van der Waals surface area contributed by atoms with Gasteiger partial charge in [0.2, 0.25) is 0 Å². The fourth-order valence-corrected chi connectivity index (χ4v) is 4.06. The largest absolute Gasteiger partial charge is 0.384 e. The van der Waals surface area contributed by atoms with Crippen molar-refractivity contribution in [3.05, 3.63) is 61.0 Å². The highest BCUT2D eigenvalue weighted by atomic mass is 32.2. The summed E-state index contributed by atoms with van der Waals surface area (Å²) in [7, 11) is 2.69. The van der Waals surface area contributed by atoms with Gasteiger partial charge in [-0.05, 0) is 24.5 Å². The highest BCUT2D eigenvalue weighted by Gasteiger charge is 2.21. The molecule has 164 valence electrons. The van der Waals surface area contributed by atoms with Gasteiger partial charge >= 0.3 is 5.69 Å². The summed E-state index contributed by atoms with van der Waals surface area (Å²) >= 11 is 1.08. The zero-order valence-corrected chi connectivity index (χ0v) is 18.7. The van der Waals surface area contributed by atoms with Gasteiger partial charge in [0.25, 0.3) is 11.1 Å². The van der Waals surface area contributed by atoms with Gasteiger partial charge < -0.3 is 5.73 Å². The Kier molecular flexibility index (Phi) is 6.49. The molecule has 0 fully saturated rings. The van der Waals surface area contributed by atoms with E-state index in [0.29, 0.717) is 28.5 Å². The molecule has 0 saturated heterocycles. The Labute approximate surface area is 182 Å². The molecule has 2 N–H and O–H groups in total. The van der Waals surface area contributed by atoms with Gasteiger partial charge in [-0.3, -0.25) is 28.1 Å². The zero-order valence-electron chi connectivity index (χ0n) is 17.9. The quantitative estimate of drug-likeness (QED) is 0.333. The molecule has 2 aromatic heterocycles. The topological polar surface area (TPSA) is 122 Å². The predicted molar refractivity (Wildman–Crippen MR) is 122 cm³/mol. The molecule has 2 heterocycles. The van der Waals surface area contributed by atoms with Crippen LogP contribution in [0.5, 0.6) is 0 Å². The summed E-state index contributed by atoms with van der Waals surface area (Å²) in [4.78, 5) is 54.9. The van der Waals surface area contributed by atoms with Crippen molar-refractivity contribution in [3.63, 3.8) is 0 Å². The van der Waals surface area contributed by atoms with E-state index in [0.717, 1.165) is 27.3 Å². The number of ketones is 1. The van der Waals surface area contributed by atoms with E-state index in [1.165, 1.54) is 14.1 Å². The Morgan fingerprint density at radius 3 is 2.45 bits per heavy atom. The third-order valence-electron chi connectivity index (χ3n) is 5.08. The lowest BCUT2D eigenvalue weighted by Crippen LogP contribution is -2.41. The number of Topliss-reactive ketones (excluding diaryl/α,β-unsaturated/α-hetero) is 1. The molecule has 10 heteroatoms. The number of carbonyl (C=O) groups is 1. The van der Waals surface area contributed by atoms with Crippen LogP contribution in [0.3, 0.4) is 0 Å². The number of thioether (sulfide) groups is 1. The average molecular weight is 444 g/mol. The van der Waals surface area contributed by atoms with E-state index in [4.69, 9.17) is 5.73 Å². The number of benzene rings is 1. The fourth-order valence-electron chi connectivity index (χ4n) is 3.17. The van der Waals surface area contributed by atoms with E-state index in [2.05, 4.69) is 18.8 Å². The number of anilines is 1. The van der Waals surface area contributed by atoms with E-state index in [-0.39, 0.29) is 22.7 Å². The van der Waals surface area contributed by atoms with Gasteiger partial charge in [0, 0.05) is 20.6 Å². The SMILES string of the molecule is CC(C)CCn1c(SCC(=O)c2c(N)n(C)c(=O)n(C)c2=O)nc2ccccc2c1=O. The summed E-state index contributed by atoms with van der Waals surface area (Å²) in [6.07, 6.45) is 0.774. The normalized spacial score (nSPS) is 11.4. The first-order valence-corrected chi connectivity index (χ1v) is 10.8. The summed E-state index contributed by atoms with van der Waals surface area (Å²) in [5, 5.41) is 0.913. The number of nitrogen functional groups attached to an aromatic ring is 1. The maximum absolute atomic E-state index is 13.0. The third kappa shape index (κ3) is 4.34. The molecular weight excluding hydrogens is 418 g/mol. The van der Waals surface area contributed by atoms with Crippen LogP contribution in [0.4, 0.5) is 5.82 Å². The van der Waals surface area contributed by atoms with Gasteiger partial charge in [-0.25, -0.2) is 9.78 Å². The van der Waals surface area contributed by atoms with Crippen molar-refractivity contribution in [2.75, 3.05) is 11.5 Å². The van der Waals surface area contributed by atoms with E-state index < -0.39 is 17.0 Å². The maximum Gasteiger partial charge on any atom is 0.332 e. The third-order valence-corrected chi connectivity index (χ3v) is 6.05. The summed E-state index contributed by atoms with van der Waals surface area (Å²) < 4.78 is 3.48. The first-order chi connectivity index (χ1) is 14.6. The summed E-state index contributed by atoms with van der Waals surface area (Å²) in [5.74, 6) is -0.477. The van der Waals surface area contributed by atoms with Crippen molar-refractivity contribution >= 4 is 34.3 Å². The molecule has 0 unspecified atom stereocenters. The molecule has 0 saturated carbocycles. The summed E-state index contributed by atoms with van der Waals surface area (Å²) in [6.45, 7) is 4.59. The van der Waals surface area contributed by atoms with Crippen molar-refractivity contribution < 1.29 is 4.79 Å². The van der Waals surface area contributed by atoms with Crippen LogP contribution in [0, 0.1) is 5.92 Å². The standard InChI is InChI=1S/C21H25N5O4S/c1-12(2)9-10-26-18(28)13-7-5-6-8-14(13)23-20(26)31-11-15(27)16-17(22)24(3)21(30)25(4)19(16)29/h5-8,12H,9-11,22H2,1-4H3. The Balaban J connectivity index is 2.00. The molecule has 31 heavy (non-hydrogen) atoms. The molecule has 0 aliphatic rings. The average Bonchev–Trinajstić information content (AvgIpc) is 2.74. The lowest BCUT2D eigenvalue weighted by Gasteiger charge is -2.14. The van der Waals surface area contributed by atoms with Crippen LogP contribution in [-0.2, 0) is 20.6 Å². The van der Waals surface area contributed by atoms with Gasteiger partial charge in [0.15, 0.2) is 10.9 Å². The van der Waals surface area contributed by atoms with Crippen LogP contribution in [0.2, 0.25) is 0 Å². The fraction of sp³-hybridized carbons (Fsp3) is 0.381. The smallest absolute Gasteiger partial charge is 0.332 e. The minimum Gasteiger partial charge on any atom is -0.384 e. The van der Waals surface area contributed by atoms with Crippen LogP contribution in [-0.4, -0.2) is 30.2 Å². The Morgan fingerprint density at radius 2 is 1.77 bits per heavy atom. The Bertz CT molecular complexity index is 1340. The molecule has 3 aromatic rings. The van der Waals surface area contributed by atoms with Crippen molar-refractivity contribution in [2.45, 2.75) is 32.0 Å². The molecule has 0 atom stereocenters. The van der Waals surface area contributed by atoms with Crippen LogP contribution in [0.1, 0.15) is 30.6 Å². The second-order valence-corrected chi connectivity index (χ2v) is 8.67. The van der Waals surface area contributed by atoms with E-state index in [1.54, 1.807) is 28.8 Å². The van der Waals surface area contributed by atoms with Crippen molar-refractivity contribution in [3.8, 4) is 0 Å². The molecule has 9 nitrogen and oxygen atoms in total. The monoisotopic (exact) mass is 443 g/mol. The first kappa shape index (κ1) is 22.5. The molecule has 1 aromatic carbocycles. The molecule has 3 rings (SSSR count). The highest BCUT2D eigenvalue weighted by molar-refractivity contribution is 7.99. The lowest BCUT2D eigenvalue weighted by atomic mass is 10.1. The van der Waals surface area contributed by atoms with Gasteiger partial charge in [-0.1, -0.05) is 37.7 Å². The van der Waals surface area contributed by atoms with Crippen molar-refractivity contribution in [1.82, 2.24) is 18.7 Å². The van der Waals surface area contributed by atoms with Crippen LogP contribution >= 0.6 is 11.8 Å². The van der Waals surface area contributed by atoms with Gasteiger partial charge in [-0.2, -0.15) is 0 Å². The molecule has 0 amide bonds. The highest BCUT2D eigenvalue weighted by Crippen LogP contribution is 2.20. The number of carbonyl (C=O) groups excluding carboxylic acids is 1. The van der Waals surface area contributed by atoms with Gasteiger partial charge in [0.05, 0.1) is 16.7 Å². The molecule has 0 spiro atoms. The minimum absolute atomic E-state index is 0.149. The van der Waals surface area contributed by atoms with Crippen molar-refractivity contribution in [1.29, 1.82) is 0 Å². The summed E-state index contributed by atoms with van der Waals surface area (Å²) in [6, 6.07) is 7.05. The summed E-state index contributed by atoms with van der Waals surface area (Å²) in [5.41, 5.74) is 4.67. The molecule has 0 aliphatic carbocycles. The number of para-hydroxylation sites is 1. The molecule has 0 bridgehead atoms. The minimum atomic E-state index is -0.741. The number of fused-ring (bicyclic) bond motifs is 1. The van der Waals surface area contributed by atoms with Crippen molar-refractivity contribution in [2.24, 2.45) is 20.0 Å². The van der Waals surface area contributed by atoms with Crippen LogP contribution in [0.15, 0.2) is 43.8 Å².